The normalized spacial score (nSPS) is 18.6. The first-order valence-corrected chi connectivity index (χ1v) is 21.1. The number of aryl methyl sites for hydroxylation is 1. The van der Waals surface area contributed by atoms with Gasteiger partial charge >= 0.3 is 0 Å². The minimum Gasteiger partial charge on any atom is -0.469 e. The lowest BCUT2D eigenvalue weighted by molar-refractivity contribution is 0.332. The van der Waals surface area contributed by atoms with E-state index < -0.39 is 0 Å². The highest BCUT2D eigenvalue weighted by atomic mass is 16.3. The van der Waals surface area contributed by atoms with E-state index in [1.165, 1.54) is 114 Å². The van der Waals surface area contributed by atoms with Gasteiger partial charge in [-0.3, -0.25) is 0 Å². The van der Waals surface area contributed by atoms with Crippen LogP contribution in [0, 0.1) is 6.92 Å². The van der Waals surface area contributed by atoms with Crippen molar-refractivity contribution in [2.24, 2.45) is 0 Å². The second-order valence-electron chi connectivity index (χ2n) is 20.3. The summed E-state index contributed by atoms with van der Waals surface area (Å²) in [4.78, 5) is 6.45. The zero-order valence-corrected chi connectivity index (χ0v) is 35.0. The van der Waals surface area contributed by atoms with E-state index in [4.69, 9.17) is 4.42 Å². The Kier molecular flexibility index (Phi) is 7.04. The van der Waals surface area contributed by atoms with E-state index in [0.717, 1.165) is 22.4 Å². The number of fused-ring (bicyclic) bond motifs is 10. The molecule has 3 aliphatic rings. The largest absolute Gasteiger partial charge is 0.469 e. The topological polar surface area (TPSA) is 32.2 Å². The van der Waals surface area contributed by atoms with Crippen LogP contribution in [0.5, 0.6) is 0 Å². The molecule has 2 aromatic heterocycles. The minimum absolute atomic E-state index is 0.0788. The number of furan rings is 1. The number of benzene rings is 6. The first-order chi connectivity index (χ1) is 27.1. The lowest BCUT2D eigenvalue weighted by Gasteiger charge is -2.43. The average molecular weight is 744 g/mol. The van der Waals surface area contributed by atoms with Crippen LogP contribution >= 0.6 is 0 Å². The van der Waals surface area contributed by atoms with Crippen LogP contribution in [0.1, 0.15) is 109 Å². The summed E-state index contributed by atoms with van der Waals surface area (Å²) in [6.07, 6.45) is 4.71. The van der Waals surface area contributed by atoms with Crippen molar-refractivity contribution in [3.05, 3.63) is 125 Å². The van der Waals surface area contributed by atoms with Crippen molar-refractivity contribution in [2.45, 2.75) is 110 Å². The van der Waals surface area contributed by atoms with E-state index in [0.29, 0.717) is 0 Å². The quantitative estimate of drug-likeness (QED) is 0.179. The van der Waals surface area contributed by atoms with Gasteiger partial charge in [0.1, 0.15) is 5.58 Å². The van der Waals surface area contributed by atoms with Crippen LogP contribution in [0.15, 0.2) is 101 Å². The van der Waals surface area contributed by atoms with E-state index in [9.17, 15) is 0 Å². The molecule has 8 aromatic rings. The number of aromatic nitrogens is 1. The van der Waals surface area contributed by atoms with Crippen LogP contribution in [-0.2, 0) is 21.7 Å². The lowest BCUT2D eigenvalue weighted by Crippen LogP contribution is -2.40. The monoisotopic (exact) mass is 743 g/mol. The van der Waals surface area contributed by atoms with Crippen LogP contribution in [0.4, 0.5) is 17.1 Å². The van der Waals surface area contributed by atoms with E-state index in [1.807, 2.05) is 0 Å². The molecule has 0 saturated heterocycles. The SMILES string of the molecule is Cc1cc(-c2cccc3c2[nH]c2cc4ccccc4cc23)c2c(c1)N(c1ccc3c(c1)C(C)(C)CCC3(C)C)c1c(oc3cc4c(cc13)C(C)(C)CCC4(C)C)[B]2. The predicted octanol–water partition coefficient (Wildman–Crippen LogP) is 13.3. The Bertz CT molecular complexity index is 3020. The summed E-state index contributed by atoms with van der Waals surface area (Å²) in [5.74, 6) is 0. The summed E-state index contributed by atoms with van der Waals surface area (Å²) in [5, 5.41) is 6.21. The third kappa shape index (κ3) is 5.04. The molecule has 3 heterocycles. The smallest absolute Gasteiger partial charge is 0.247 e. The molecule has 1 aliphatic heterocycles. The third-order valence-electron chi connectivity index (χ3n) is 14.6. The fourth-order valence-corrected chi connectivity index (χ4v) is 10.9. The molecule has 1 radical (unpaired) electrons. The Labute approximate surface area is 337 Å². The maximum atomic E-state index is 7.11. The summed E-state index contributed by atoms with van der Waals surface area (Å²) in [7, 11) is 2.34. The number of anilines is 3. The molecule has 57 heavy (non-hydrogen) atoms. The van der Waals surface area contributed by atoms with Crippen molar-refractivity contribution < 1.29 is 4.42 Å². The Hall–Kier alpha value is -5.22. The van der Waals surface area contributed by atoms with Gasteiger partial charge in [-0.15, -0.1) is 0 Å². The number of aromatic amines is 1. The van der Waals surface area contributed by atoms with Gasteiger partial charge in [0, 0.05) is 38.6 Å². The summed E-state index contributed by atoms with van der Waals surface area (Å²) < 4.78 is 7.11. The zero-order chi connectivity index (χ0) is 39.4. The second-order valence-corrected chi connectivity index (χ2v) is 20.3. The van der Waals surface area contributed by atoms with Crippen LogP contribution in [-0.4, -0.2) is 12.3 Å². The number of para-hydroxylation sites is 1. The molecule has 11 rings (SSSR count). The molecular weight excluding hydrogens is 691 g/mol. The maximum Gasteiger partial charge on any atom is 0.247 e. The first-order valence-electron chi connectivity index (χ1n) is 21.1. The summed E-state index contributed by atoms with van der Waals surface area (Å²) >= 11 is 0. The van der Waals surface area contributed by atoms with Gasteiger partial charge in [-0.25, -0.2) is 0 Å². The molecule has 0 bridgehead atoms. The summed E-state index contributed by atoms with van der Waals surface area (Å²) in [6, 6.07) is 37.1. The molecule has 4 heteroatoms. The van der Waals surface area contributed by atoms with E-state index >= 15 is 0 Å². The van der Waals surface area contributed by atoms with Gasteiger partial charge in [-0.1, -0.05) is 110 Å². The van der Waals surface area contributed by atoms with Crippen LogP contribution < -0.4 is 16.0 Å². The van der Waals surface area contributed by atoms with Crippen molar-refractivity contribution in [1.82, 2.24) is 4.98 Å². The molecule has 2 aliphatic carbocycles. The highest BCUT2D eigenvalue weighted by molar-refractivity contribution is 6.72. The standard InChI is InChI=1S/C53H52BN2O/c1-30-23-37(35-16-12-15-34-36-25-31-13-10-11-14-32(31)26-43(36)55-47(34)35)46-44(24-30)56(33-17-18-39-40(27-33)51(4,5)20-19-50(39,2)3)48-38-28-41-42(29-45(38)57-49(48)54-46)53(8,9)22-21-52(41,6)7/h10-18,23-29,55H,19-22H2,1-9H3. The molecule has 3 nitrogen and oxygen atoms in total. The Balaban J connectivity index is 1.19. The van der Waals surface area contributed by atoms with E-state index in [2.05, 4.69) is 177 Å². The fourth-order valence-electron chi connectivity index (χ4n) is 10.9. The molecule has 0 fully saturated rings. The summed E-state index contributed by atoms with van der Waals surface area (Å²) in [6.45, 7) is 21.6. The number of nitrogens with zero attached hydrogens (tertiary/aromatic N) is 1. The van der Waals surface area contributed by atoms with Crippen LogP contribution in [0.2, 0.25) is 0 Å². The number of rotatable bonds is 2. The molecule has 0 saturated carbocycles. The van der Waals surface area contributed by atoms with E-state index in [1.54, 1.807) is 0 Å². The number of H-pyrrole nitrogens is 1. The van der Waals surface area contributed by atoms with Crippen LogP contribution in [0.25, 0.3) is 54.7 Å². The molecular formula is C53H52BN2O. The fraction of sp³-hybridized carbons (Fsp3) is 0.321. The average Bonchev–Trinajstić information content (AvgIpc) is 3.73. The maximum absolute atomic E-state index is 7.11. The van der Waals surface area contributed by atoms with Gasteiger partial charge in [0.25, 0.3) is 0 Å². The number of nitrogens with one attached hydrogen (secondary N) is 1. The number of hydrogen-bond donors (Lipinski definition) is 1. The van der Waals surface area contributed by atoms with Crippen molar-refractivity contribution >= 4 is 79.0 Å². The van der Waals surface area contributed by atoms with Gasteiger partial charge < -0.3 is 14.3 Å². The van der Waals surface area contributed by atoms with Gasteiger partial charge in [0.15, 0.2) is 0 Å². The molecule has 0 spiro atoms. The molecule has 6 aromatic carbocycles. The van der Waals surface area contributed by atoms with Crippen molar-refractivity contribution in [3.8, 4) is 11.1 Å². The molecule has 0 amide bonds. The molecule has 0 unspecified atom stereocenters. The second kappa shape index (κ2) is 11.5. The van der Waals surface area contributed by atoms with Gasteiger partial charge in [0.05, 0.1) is 16.9 Å². The molecule has 0 atom stereocenters. The Morgan fingerprint density at radius 3 is 1.95 bits per heavy atom. The zero-order valence-electron chi connectivity index (χ0n) is 35.0. The van der Waals surface area contributed by atoms with Gasteiger partial charge in [-0.05, 0) is 146 Å². The van der Waals surface area contributed by atoms with Crippen molar-refractivity contribution in [2.75, 3.05) is 4.90 Å². The van der Waals surface area contributed by atoms with E-state index in [-0.39, 0.29) is 21.7 Å². The molecule has 1 N–H and O–H groups in total. The third-order valence-corrected chi connectivity index (χ3v) is 14.6. The van der Waals surface area contributed by atoms with Gasteiger partial charge in [0.2, 0.25) is 7.28 Å². The number of hydrogen-bond acceptors (Lipinski definition) is 2. The lowest BCUT2D eigenvalue weighted by atomic mass is 9.60. The predicted molar refractivity (Wildman–Crippen MR) is 244 cm³/mol. The van der Waals surface area contributed by atoms with Crippen LogP contribution in [0.3, 0.4) is 0 Å². The van der Waals surface area contributed by atoms with Crippen molar-refractivity contribution in [1.29, 1.82) is 0 Å². The highest BCUT2D eigenvalue weighted by Crippen LogP contribution is 2.52. The van der Waals surface area contributed by atoms with Gasteiger partial charge in [-0.2, -0.15) is 0 Å². The van der Waals surface area contributed by atoms with Crippen molar-refractivity contribution in [3.63, 3.8) is 0 Å². The Morgan fingerprint density at radius 1 is 0.579 bits per heavy atom. The first kappa shape index (κ1) is 35.0. The Morgan fingerprint density at radius 2 is 1.23 bits per heavy atom. The molecule has 283 valence electrons. The summed E-state index contributed by atoms with van der Waals surface area (Å²) in [5.41, 5.74) is 18.8. The highest BCUT2D eigenvalue weighted by Gasteiger charge is 2.41. The minimum atomic E-state index is 0.0788.